The molecule has 4 heteroatoms. The second kappa shape index (κ2) is 7.10. The Labute approximate surface area is 183 Å². The Morgan fingerprint density at radius 1 is 1.06 bits per heavy atom. The van der Waals surface area contributed by atoms with Gasteiger partial charge in [0.15, 0.2) is 0 Å². The van der Waals surface area contributed by atoms with Gasteiger partial charge in [0, 0.05) is 48.3 Å². The quantitative estimate of drug-likeness (QED) is 0.683. The number of nitrogens with one attached hydrogen (secondary N) is 1. The predicted octanol–water partition coefficient (Wildman–Crippen LogP) is 4.62. The number of fused-ring (bicyclic) bond motifs is 2. The molecule has 0 spiro atoms. The highest BCUT2D eigenvalue weighted by molar-refractivity contribution is 5.99. The van der Waals surface area contributed by atoms with Crippen molar-refractivity contribution in [2.45, 2.75) is 51.4 Å². The van der Waals surface area contributed by atoms with Gasteiger partial charge in [-0.2, -0.15) is 0 Å². The lowest BCUT2D eigenvalue weighted by atomic mass is 9.78. The average Bonchev–Trinajstić information content (AvgIpc) is 3.19. The minimum atomic E-state index is -0.0871. The van der Waals surface area contributed by atoms with Gasteiger partial charge in [-0.1, -0.05) is 48.5 Å². The minimum Gasteiger partial charge on any atom is -0.361 e. The number of H-pyrrole nitrogens is 1. The number of likely N-dealkylation sites (tertiary alicyclic amines) is 1. The standard InChI is InChI=1S/C27H29N3O/c1-17-11-18(2)30(17)27(31)21-12-23-22-9-6-10-24-26(22)20(14-28-24)13-25(23)29(16-21)15-19-7-4-3-5-8-19/h3-10,12,14,17-18,21,25,28H,11,13,15-16H2,1-2H3/t17-,18-,21+,25+/m0/s1. The Bertz CT molecular complexity index is 1170. The Hall–Kier alpha value is -2.85. The Kier molecular flexibility index (Phi) is 4.32. The van der Waals surface area contributed by atoms with Crippen LogP contribution in [-0.2, 0) is 17.8 Å². The molecule has 2 aromatic carbocycles. The van der Waals surface area contributed by atoms with E-state index < -0.39 is 0 Å². The predicted molar refractivity (Wildman–Crippen MR) is 124 cm³/mol. The van der Waals surface area contributed by atoms with E-state index in [1.165, 1.54) is 33.2 Å². The first-order valence-corrected chi connectivity index (χ1v) is 11.5. The van der Waals surface area contributed by atoms with Crippen molar-refractivity contribution in [2.75, 3.05) is 6.54 Å². The molecule has 31 heavy (non-hydrogen) atoms. The molecule has 3 heterocycles. The van der Waals surface area contributed by atoms with Crippen molar-refractivity contribution in [1.82, 2.24) is 14.8 Å². The number of amides is 1. The van der Waals surface area contributed by atoms with Crippen LogP contribution in [0.2, 0.25) is 0 Å². The zero-order valence-corrected chi connectivity index (χ0v) is 18.2. The number of nitrogens with zero attached hydrogens (tertiary/aromatic N) is 2. The summed E-state index contributed by atoms with van der Waals surface area (Å²) < 4.78 is 0. The lowest BCUT2D eigenvalue weighted by molar-refractivity contribution is -0.146. The maximum Gasteiger partial charge on any atom is 0.231 e. The van der Waals surface area contributed by atoms with Crippen LogP contribution < -0.4 is 0 Å². The second-order valence-corrected chi connectivity index (χ2v) is 9.58. The highest BCUT2D eigenvalue weighted by atomic mass is 16.2. The van der Waals surface area contributed by atoms with Gasteiger partial charge in [0.1, 0.15) is 0 Å². The van der Waals surface area contributed by atoms with E-state index >= 15 is 0 Å². The second-order valence-electron chi connectivity index (χ2n) is 9.58. The number of benzene rings is 2. The molecule has 3 aromatic rings. The third kappa shape index (κ3) is 2.96. The van der Waals surface area contributed by atoms with Crippen molar-refractivity contribution in [2.24, 2.45) is 5.92 Å². The number of aromatic amines is 1. The summed E-state index contributed by atoms with van der Waals surface area (Å²) in [6.45, 7) is 6.00. The van der Waals surface area contributed by atoms with Gasteiger partial charge in [0.2, 0.25) is 5.91 Å². The van der Waals surface area contributed by atoms with Gasteiger partial charge in [-0.15, -0.1) is 0 Å². The highest BCUT2D eigenvalue weighted by Crippen LogP contribution is 2.42. The van der Waals surface area contributed by atoms with Gasteiger partial charge in [0.25, 0.3) is 0 Å². The lowest BCUT2D eigenvalue weighted by Gasteiger charge is -2.49. The number of rotatable bonds is 3. The summed E-state index contributed by atoms with van der Waals surface area (Å²) in [5.41, 5.74) is 6.52. The summed E-state index contributed by atoms with van der Waals surface area (Å²) >= 11 is 0. The molecule has 2 aliphatic heterocycles. The van der Waals surface area contributed by atoms with Gasteiger partial charge in [-0.25, -0.2) is 0 Å². The maximum absolute atomic E-state index is 13.6. The van der Waals surface area contributed by atoms with Crippen LogP contribution in [0.15, 0.2) is 60.8 Å². The van der Waals surface area contributed by atoms with Crippen LogP contribution in [0.5, 0.6) is 0 Å². The van der Waals surface area contributed by atoms with Crippen molar-refractivity contribution in [3.63, 3.8) is 0 Å². The lowest BCUT2D eigenvalue weighted by Crippen LogP contribution is -2.59. The van der Waals surface area contributed by atoms with E-state index in [-0.39, 0.29) is 5.92 Å². The summed E-state index contributed by atoms with van der Waals surface area (Å²) in [7, 11) is 0. The van der Waals surface area contributed by atoms with E-state index in [1.54, 1.807) is 0 Å². The largest absolute Gasteiger partial charge is 0.361 e. The summed E-state index contributed by atoms with van der Waals surface area (Å²) in [5.74, 6) is 0.207. The van der Waals surface area contributed by atoms with E-state index in [2.05, 4.69) is 89.4 Å². The molecule has 0 radical (unpaired) electrons. The fourth-order valence-electron chi connectivity index (χ4n) is 6.12. The molecule has 1 amide bonds. The molecular weight excluding hydrogens is 382 g/mol. The van der Waals surface area contributed by atoms with Gasteiger partial charge < -0.3 is 9.88 Å². The van der Waals surface area contributed by atoms with Gasteiger partial charge >= 0.3 is 0 Å². The zero-order chi connectivity index (χ0) is 21.1. The molecule has 4 atom stereocenters. The summed E-state index contributed by atoms with van der Waals surface area (Å²) in [6.07, 6.45) is 6.58. The first kappa shape index (κ1) is 18.9. The number of carbonyl (C=O) groups excluding carboxylic acids is 1. The van der Waals surface area contributed by atoms with Crippen LogP contribution >= 0.6 is 0 Å². The Balaban J connectivity index is 1.43. The van der Waals surface area contributed by atoms with E-state index in [4.69, 9.17) is 0 Å². The van der Waals surface area contributed by atoms with Crippen LogP contribution in [-0.4, -0.2) is 45.4 Å². The highest BCUT2D eigenvalue weighted by Gasteiger charge is 2.42. The average molecular weight is 412 g/mol. The van der Waals surface area contributed by atoms with Crippen LogP contribution in [0, 0.1) is 5.92 Å². The molecule has 0 saturated carbocycles. The molecule has 1 aromatic heterocycles. The van der Waals surface area contributed by atoms with Crippen molar-refractivity contribution >= 4 is 22.4 Å². The third-order valence-electron chi connectivity index (χ3n) is 7.56. The van der Waals surface area contributed by atoms with Crippen LogP contribution in [0.1, 0.15) is 37.0 Å². The fourth-order valence-corrected chi connectivity index (χ4v) is 6.12. The molecule has 0 bridgehead atoms. The van der Waals surface area contributed by atoms with E-state index in [1.807, 2.05) is 0 Å². The molecule has 1 fully saturated rings. The molecule has 1 saturated heterocycles. The molecule has 6 rings (SSSR count). The minimum absolute atomic E-state index is 0.0871. The number of carbonyl (C=O) groups is 1. The summed E-state index contributed by atoms with van der Waals surface area (Å²) in [6, 6.07) is 18.2. The SMILES string of the molecule is C[C@H]1C[C@H](C)N1C(=O)[C@@H]1C=C2c3cccc4[nH]cc(c34)C[C@H]2N(Cc2ccccc2)C1. The molecule has 1 N–H and O–H groups in total. The Morgan fingerprint density at radius 2 is 1.87 bits per heavy atom. The zero-order valence-electron chi connectivity index (χ0n) is 18.2. The number of hydrogen-bond acceptors (Lipinski definition) is 2. The topological polar surface area (TPSA) is 39.3 Å². The van der Waals surface area contributed by atoms with Gasteiger partial charge in [-0.05, 0) is 55.0 Å². The van der Waals surface area contributed by atoms with Crippen molar-refractivity contribution in [3.8, 4) is 0 Å². The van der Waals surface area contributed by atoms with E-state index in [9.17, 15) is 4.79 Å². The van der Waals surface area contributed by atoms with E-state index in [0.717, 1.165) is 25.9 Å². The van der Waals surface area contributed by atoms with Crippen LogP contribution in [0.3, 0.4) is 0 Å². The van der Waals surface area contributed by atoms with Crippen LogP contribution in [0.4, 0.5) is 0 Å². The first-order valence-electron chi connectivity index (χ1n) is 11.5. The van der Waals surface area contributed by atoms with Crippen LogP contribution in [0.25, 0.3) is 16.5 Å². The molecule has 4 nitrogen and oxygen atoms in total. The molecule has 1 aliphatic carbocycles. The normalized spacial score (nSPS) is 27.5. The summed E-state index contributed by atoms with van der Waals surface area (Å²) in [5, 5.41) is 1.34. The monoisotopic (exact) mass is 411 g/mol. The first-order chi connectivity index (χ1) is 15.1. The fraction of sp³-hybridized carbons (Fsp3) is 0.370. The third-order valence-corrected chi connectivity index (χ3v) is 7.56. The maximum atomic E-state index is 13.6. The molecule has 0 unspecified atom stereocenters. The molecule has 3 aliphatic rings. The molecule has 158 valence electrons. The van der Waals surface area contributed by atoms with E-state index in [0.29, 0.717) is 24.0 Å². The van der Waals surface area contributed by atoms with Gasteiger partial charge in [-0.3, -0.25) is 9.69 Å². The number of aromatic nitrogens is 1. The number of hydrogen-bond donors (Lipinski definition) is 1. The summed E-state index contributed by atoms with van der Waals surface area (Å²) in [4.78, 5) is 21.7. The van der Waals surface area contributed by atoms with Gasteiger partial charge in [0.05, 0.1) is 5.92 Å². The van der Waals surface area contributed by atoms with Crippen molar-refractivity contribution in [1.29, 1.82) is 0 Å². The molecular formula is C27H29N3O. The van der Waals surface area contributed by atoms with Crippen molar-refractivity contribution in [3.05, 3.63) is 77.5 Å². The van der Waals surface area contributed by atoms with Crippen molar-refractivity contribution < 1.29 is 4.79 Å². The smallest absolute Gasteiger partial charge is 0.231 e. The Morgan fingerprint density at radius 3 is 2.65 bits per heavy atom.